The second-order valence-corrected chi connectivity index (χ2v) is 11.5. The summed E-state index contributed by atoms with van der Waals surface area (Å²) in [6.45, 7) is 13.1. The monoisotopic (exact) mass is 453 g/mol. The summed E-state index contributed by atoms with van der Waals surface area (Å²) < 4.78 is 6.36. The normalized spacial score (nSPS) is 22.9. The van der Waals surface area contributed by atoms with Gasteiger partial charge in [0.2, 0.25) is 0 Å². The van der Waals surface area contributed by atoms with E-state index in [1.165, 1.54) is 74.6 Å². The molecule has 0 aliphatic heterocycles. The fraction of sp³-hybridized carbons (Fsp3) is 0.700. The Hall–Kier alpha value is -1.61. The van der Waals surface area contributed by atoms with E-state index in [1.807, 2.05) is 13.1 Å². The fourth-order valence-electron chi connectivity index (χ4n) is 5.60. The molecule has 1 aromatic rings. The van der Waals surface area contributed by atoms with E-state index in [1.54, 1.807) is 0 Å². The molecule has 0 aromatic heterocycles. The van der Waals surface area contributed by atoms with E-state index in [4.69, 9.17) is 4.74 Å². The van der Waals surface area contributed by atoms with E-state index in [9.17, 15) is 4.79 Å². The molecule has 0 radical (unpaired) electrons. The smallest absolute Gasteiger partial charge is 0.147 e. The third-order valence-corrected chi connectivity index (χ3v) is 7.69. The molecule has 0 amide bonds. The van der Waals surface area contributed by atoms with Crippen LogP contribution in [0.5, 0.6) is 0 Å². The number of anilines is 1. The molecule has 3 heteroatoms. The molecule has 0 N–H and O–H groups in total. The van der Waals surface area contributed by atoms with Crippen molar-refractivity contribution in [3.05, 3.63) is 41.1 Å². The van der Waals surface area contributed by atoms with Crippen molar-refractivity contribution in [1.82, 2.24) is 0 Å². The fourth-order valence-corrected chi connectivity index (χ4v) is 5.60. The summed E-state index contributed by atoms with van der Waals surface area (Å²) in [7, 11) is 0. The van der Waals surface area contributed by atoms with Crippen molar-refractivity contribution < 1.29 is 9.53 Å². The lowest BCUT2D eigenvalue weighted by Gasteiger charge is -2.42. The highest BCUT2D eigenvalue weighted by Gasteiger charge is 2.37. The van der Waals surface area contributed by atoms with Gasteiger partial charge >= 0.3 is 0 Å². The first kappa shape index (κ1) is 26.0. The van der Waals surface area contributed by atoms with Crippen LogP contribution in [0, 0.1) is 24.2 Å². The topological polar surface area (TPSA) is 29.5 Å². The molecule has 184 valence electrons. The highest BCUT2D eigenvalue weighted by molar-refractivity contribution is 5.73. The number of rotatable bonds is 13. The van der Waals surface area contributed by atoms with E-state index < -0.39 is 0 Å². The quantitative estimate of drug-likeness (QED) is 0.174. The average molecular weight is 454 g/mol. The maximum Gasteiger partial charge on any atom is 0.147 e. The number of unbranched alkanes of at least 4 members (excludes halogenated alkanes) is 3. The molecule has 3 rings (SSSR count). The molecule has 0 heterocycles. The van der Waals surface area contributed by atoms with Crippen molar-refractivity contribution in [1.29, 1.82) is 0 Å². The average Bonchev–Trinajstić information content (AvgIpc) is 3.58. The Morgan fingerprint density at radius 1 is 1.15 bits per heavy atom. The minimum atomic E-state index is 0.331. The Morgan fingerprint density at radius 2 is 1.91 bits per heavy atom. The lowest BCUT2D eigenvalue weighted by molar-refractivity contribution is -0.104. The molecule has 3 nitrogen and oxygen atoms in total. The second-order valence-electron chi connectivity index (χ2n) is 11.5. The van der Waals surface area contributed by atoms with Gasteiger partial charge < -0.3 is 9.64 Å². The number of carbonyl (C=O) groups is 1. The van der Waals surface area contributed by atoms with Gasteiger partial charge in [-0.1, -0.05) is 52.2 Å². The number of hydrogen-bond donors (Lipinski definition) is 0. The van der Waals surface area contributed by atoms with Crippen molar-refractivity contribution in [3.63, 3.8) is 0 Å². The van der Waals surface area contributed by atoms with Gasteiger partial charge in [-0.05, 0) is 93.2 Å². The molecule has 33 heavy (non-hydrogen) atoms. The number of nitrogens with zero attached hydrogens (tertiary/aromatic N) is 1. The van der Waals surface area contributed by atoms with Crippen LogP contribution in [0.1, 0.15) is 96.6 Å². The van der Waals surface area contributed by atoms with Crippen LogP contribution in [0.15, 0.2) is 30.0 Å². The van der Waals surface area contributed by atoms with Gasteiger partial charge in [-0.15, -0.1) is 0 Å². The maximum absolute atomic E-state index is 11.1. The van der Waals surface area contributed by atoms with Gasteiger partial charge in [0.25, 0.3) is 0 Å². The Kier molecular flexibility index (Phi) is 9.61. The SMILES string of the molecule is C/C(C=O)=C/N(CC1CC1)c1ccc(CCCCCCO[C@H]2C(C)CCCC2(C)C)cc1C. The minimum Gasteiger partial charge on any atom is -0.377 e. The predicted molar refractivity (Wildman–Crippen MR) is 140 cm³/mol. The van der Waals surface area contributed by atoms with E-state index >= 15 is 0 Å². The third kappa shape index (κ3) is 7.98. The molecule has 2 aliphatic rings. The second kappa shape index (κ2) is 12.2. The Bertz CT molecular complexity index is 792. The van der Waals surface area contributed by atoms with Crippen LogP contribution in [0.2, 0.25) is 0 Å². The van der Waals surface area contributed by atoms with Crippen LogP contribution in [0.4, 0.5) is 5.69 Å². The minimum absolute atomic E-state index is 0.331. The number of aryl methyl sites for hydroxylation is 2. The van der Waals surface area contributed by atoms with Gasteiger partial charge in [-0.3, -0.25) is 4.79 Å². The largest absolute Gasteiger partial charge is 0.377 e. The Morgan fingerprint density at radius 3 is 2.58 bits per heavy atom. The summed E-state index contributed by atoms with van der Waals surface area (Å²) in [5, 5.41) is 0. The summed E-state index contributed by atoms with van der Waals surface area (Å²) in [5.41, 5.74) is 5.08. The Labute approximate surface area is 203 Å². The Balaban J connectivity index is 1.40. The van der Waals surface area contributed by atoms with Gasteiger partial charge in [-0.25, -0.2) is 0 Å². The van der Waals surface area contributed by atoms with Gasteiger partial charge in [0.15, 0.2) is 0 Å². The van der Waals surface area contributed by atoms with Crippen LogP contribution < -0.4 is 4.90 Å². The predicted octanol–water partition coefficient (Wildman–Crippen LogP) is 7.65. The molecular formula is C30H47NO2. The van der Waals surface area contributed by atoms with Crippen molar-refractivity contribution in [2.75, 3.05) is 18.1 Å². The first-order valence-electron chi connectivity index (χ1n) is 13.4. The van der Waals surface area contributed by atoms with Crippen molar-refractivity contribution in [3.8, 4) is 0 Å². The number of carbonyl (C=O) groups excluding carboxylic acids is 1. The van der Waals surface area contributed by atoms with Gasteiger partial charge in [0.05, 0.1) is 6.10 Å². The van der Waals surface area contributed by atoms with Crippen LogP contribution in [0.25, 0.3) is 0 Å². The molecule has 1 unspecified atom stereocenters. The maximum atomic E-state index is 11.1. The van der Waals surface area contributed by atoms with Crippen molar-refractivity contribution >= 4 is 12.0 Å². The number of ether oxygens (including phenoxy) is 1. The van der Waals surface area contributed by atoms with E-state index in [0.717, 1.165) is 37.3 Å². The first-order chi connectivity index (χ1) is 15.8. The molecule has 2 atom stereocenters. The van der Waals surface area contributed by atoms with E-state index in [-0.39, 0.29) is 0 Å². The molecule has 0 saturated heterocycles. The summed E-state index contributed by atoms with van der Waals surface area (Å²) >= 11 is 0. The van der Waals surface area contributed by atoms with Crippen molar-refractivity contribution in [2.45, 2.75) is 105 Å². The molecule has 2 fully saturated rings. The van der Waals surface area contributed by atoms with Gasteiger partial charge in [-0.2, -0.15) is 0 Å². The summed E-state index contributed by atoms with van der Waals surface area (Å²) in [5.74, 6) is 1.47. The number of aldehydes is 1. The molecule has 0 bridgehead atoms. The lowest BCUT2D eigenvalue weighted by atomic mass is 9.70. The number of hydrogen-bond acceptors (Lipinski definition) is 3. The zero-order chi connectivity index (χ0) is 23.8. The third-order valence-electron chi connectivity index (χ3n) is 7.69. The summed E-state index contributed by atoms with van der Waals surface area (Å²) in [6.07, 6.45) is 16.1. The number of allylic oxidation sites excluding steroid dienone is 1. The van der Waals surface area contributed by atoms with Crippen LogP contribution in [-0.4, -0.2) is 25.5 Å². The first-order valence-corrected chi connectivity index (χ1v) is 13.4. The standard InChI is InChI=1S/C30H47NO2/c1-23(22-32)20-31(21-27-13-14-27)28-16-15-26(19-25(28)3)12-8-6-7-9-18-33-29-24(2)11-10-17-30(29,4)5/h15-16,19-20,22,24,27,29H,6-14,17-18,21H2,1-5H3/b23-20-/t24?,29-/m0/s1. The van der Waals surface area contributed by atoms with Gasteiger partial charge in [0.1, 0.15) is 6.29 Å². The highest BCUT2D eigenvalue weighted by Crippen LogP contribution is 2.40. The van der Waals surface area contributed by atoms with E-state index in [2.05, 4.69) is 50.8 Å². The van der Waals surface area contributed by atoms with Crippen LogP contribution >= 0.6 is 0 Å². The summed E-state index contributed by atoms with van der Waals surface area (Å²) in [6, 6.07) is 6.87. The van der Waals surface area contributed by atoms with Crippen molar-refractivity contribution in [2.24, 2.45) is 17.3 Å². The molecular weight excluding hydrogens is 406 g/mol. The van der Waals surface area contributed by atoms with Gasteiger partial charge in [0, 0.05) is 30.6 Å². The summed E-state index contributed by atoms with van der Waals surface area (Å²) in [4.78, 5) is 13.4. The number of benzene rings is 1. The zero-order valence-corrected chi connectivity index (χ0v) is 21.9. The molecule has 1 aromatic carbocycles. The van der Waals surface area contributed by atoms with Crippen LogP contribution in [-0.2, 0) is 16.0 Å². The lowest BCUT2D eigenvalue weighted by Crippen LogP contribution is -2.41. The highest BCUT2D eigenvalue weighted by atomic mass is 16.5. The van der Waals surface area contributed by atoms with Crippen LogP contribution in [0.3, 0.4) is 0 Å². The molecule has 2 aliphatic carbocycles. The molecule has 2 saturated carbocycles. The van der Waals surface area contributed by atoms with E-state index in [0.29, 0.717) is 17.4 Å². The zero-order valence-electron chi connectivity index (χ0n) is 21.9. The molecule has 0 spiro atoms.